The summed E-state index contributed by atoms with van der Waals surface area (Å²) in [6.45, 7) is 1.09. The maximum Gasteiger partial charge on any atom is 0.298 e. The smallest absolute Gasteiger partial charge is 0.298 e. The summed E-state index contributed by atoms with van der Waals surface area (Å²) in [5.74, 6) is -0.663. The van der Waals surface area contributed by atoms with Crippen molar-refractivity contribution in [2.75, 3.05) is 0 Å². The second kappa shape index (κ2) is 5.52. The standard InChI is InChI=1S/C14H12O5S/c1-10(16)13(9-15)19-20(17,18)14-8-4-6-11-5-2-3-7-12(11)14/h2-9,13H,1H3. The van der Waals surface area contributed by atoms with Gasteiger partial charge in [0.2, 0.25) is 0 Å². The van der Waals surface area contributed by atoms with Crippen LogP contribution in [0.1, 0.15) is 6.92 Å². The lowest BCUT2D eigenvalue weighted by molar-refractivity contribution is -0.129. The van der Waals surface area contributed by atoms with Crippen LogP contribution in [0.2, 0.25) is 0 Å². The highest BCUT2D eigenvalue weighted by molar-refractivity contribution is 7.87. The van der Waals surface area contributed by atoms with Gasteiger partial charge in [-0.1, -0.05) is 36.4 Å². The summed E-state index contributed by atoms with van der Waals surface area (Å²) in [4.78, 5) is 21.8. The Morgan fingerprint density at radius 2 is 1.80 bits per heavy atom. The number of hydrogen-bond donors (Lipinski definition) is 0. The fraction of sp³-hybridized carbons (Fsp3) is 0.143. The lowest BCUT2D eigenvalue weighted by Crippen LogP contribution is -2.26. The van der Waals surface area contributed by atoms with Gasteiger partial charge in [0.15, 0.2) is 18.2 Å². The molecule has 20 heavy (non-hydrogen) atoms. The quantitative estimate of drug-likeness (QED) is 0.476. The number of Topliss-reactive ketones (excluding diaryl/α,β-unsaturated/α-hetero) is 1. The van der Waals surface area contributed by atoms with E-state index in [4.69, 9.17) is 4.18 Å². The molecule has 0 bridgehead atoms. The molecule has 0 saturated heterocycles. The fourth-order valence-corrected chi connectivity index (χ4v) is 3.05. The molecular weight excluding hydrogens is 280 g/mol. The summed E-state index contributed by atoms with van der Waals surface area (Å²) in [7, 11) is -4.20. The molecule has 1 atom stereocenters. The number of fused-ring (bicyclic) bond motifs is 1. The van der Waals surface area contributed by atoms with E-state index in [0.717, 1.165) is 12.3 Å². The van der Waals surface area contributed by atoms with Gasteiger partial charge >= 0.3 is 0 Å². The molecule has 2 aromatic carbocycles. The number of aldehydes is 1. The monoisotopic (exact) mass is 292 g/mol. The van der Waals surface area contributed by atoms with E-state index in [1.165, 1.54) is 6.07 Å². The van der Waals surface area contributed by atoms with Gasteiger partial charge in [0, 0.05) is 5.39 Å². The number of rotatable bonds is 5. The van der Waals surface area contributed by atoms with Gasteiger partial charge in [-0.25, -0.2) is 4.18 Å². The maximum absolute atomic E-state index is 12.2. The van der Waals surface area contributed by atoms with Crippen molar-refractivity contribution < 1.29 is 22.2 Å². The molecule has 0 heterocycles. The molecule has 1 unspecified atom stereocenters. The third-order valence-corrected chi connectivity index (χ3v) is 4.13. The second-order valence-corrected chi connectivity index (χ2v) is 5.74. The fourth-order valence-electron chi connectivity index (χ4n) is 1.79. The molecule has 0 radical (unpaired) electrons. The second-order valence-electron chi connectivity index (χ2n) is 4.19. The molecule has 0 aliphatic rings. The molecule has 0 amide bonds. The summed E-state index contributed by atoms with van der Waals surface area (Å²) in [5, 5.41) is 1.20. The van der Waals surface area contributed by atoms with Crippen LogP contribution in [0.25, 0.3) is 10.8 Å². The van der Waals surface area contributed by atoms with Crippen LogP contribution >= 0.6 is 0 Å². The Bertz CT molecular complexity index is 759. The highest BCUT2D eigenvalue weighted by Crippen LogP contribution is 2.24. The zero-order chi connectivity index (χ0) is 14.8. The summed E-state index contributed by atoms with van der Waals surface area (Å²) in [5.41, 5.74) is 0. The van der Waals surface area contributed by atoms with Gasteiger partial charge in [0.25, 0.3) is 10.1 Å². The van der Waals surface area contributed by atoms with E-state index in [9.17, 15) is 18.0 Å². The summed E-state index contributed by atoms with van der Waals surface area (Å²) >= 11 is 0. The lowest BCUT2D eigenvalue weighted by atomic mass is 10.1. The molecule has 0 spiro atoms. The van der Waals surface area contributed by atoms with Crippen molar-refractivity contribution in [3.63, 3.8) is 0 Å². The van der Waals surface area contributed by atoms with Gasteiger partial charge in [-0.2, -0.15) is 8.42 Å². The van der Waals surface area contributed by atoms with Crippen LogP contribution in [0.15, 0.2) is 47.4 Å². The molecule has 2 rings (SSSR count). The molecule has 6 heteroatoms. The summed E-state index contributed by atoms with van der Waals surface area (Å²) in [6, 6.07) is 11.6. The number of benzene rings is 2. The third-order valence-electron chi connectivity index (χ3n) is 2.77. The van der Waals surface area contributed by atoms with E-state index in [1.807, 2.05) is 0 Å². The van der Waals surface area contributed by atoms with Crippen molar-refractivity contribution in [3.05, 3.63) is 42.5 Å². The number of carbonyl (C=O) groups is 2. The highest BCUT2D eigenvalue weighted by Gasteiger charge is 2.25. The topological polar surface area (TPSA) is 77.5 Å². The molecule has 5 nitrogen and oxygen atoms in total. The highest BCUT2D eigenvalue weighted by atomic mass is 32.2. The van der Waals surface area contributed by atoms with Gasteiger partial charge in [-0.05, 0) is 18.4 Å². The van der Waals surface area contributed by atoms with Crippen molar-refractivity contribution in [2.45, 2.75) is 17.9 Å². The number of hydrogen-bond acceptors (Lipinski definition) is 5. The van der Waals surface area contributed by atoms with Crippen LogP contribution in [0, 0.1) is 0 Å². The third kappa shape index (κ3) is 2.76. The Morgan fingerprint density at radius 3 is 2.45 bits per heavy atom. The Balaban J connectivity index is 2.52. The van der Waals surface area contributed by atoms with E-state index in [-0.39, 0.29) is 11.2 Å². The van der Waals surface area contributed by atoms with Gasteiger partial charge in [-0.15, -0.1) is 0 Å². The van der Waals surface area contributed by atoms with Gasteiger partial charge in [0.1, 0.15) is 4.90 Å². The molecule has 2 aromatic rings. The van der Waals surface area contributed by atoms with E-state index < -0.39 is 22.0 Å². The average molecular weight is 292 g/mol. The Hall–Kier alpha value is -2.05. The molecule has 104 valence electrons. The van der Waals surface area contributed by atoms with Crippen molar-refractivity contribution in [1.29, 1.82) is 0 Å². The molecule has 0 fully saturated rings. The molecule has 0 aliphatic heterocycles. The molecule has 0 saturated carbocycles. The predicted octanol–water partition coefficient (Wildman–Crippen LogP) is 1.70. The zero-order valence-electron chi connectivity index (χ0n) is 10.6. The van der Waals surface area contributed by atoms with Gasteiger partial charge in [-0.3, -0.25) is 9.59 Å². The minimum absolute atomic E-state index is 0.0660. The molecule has 0 aliphatic carbocycles. The normalized spacial score (nSPS) is 13.1. The van der Waals surface area contributed by atoms with E-state index in [1.54, 1.807) is 36.4 Å². The molecule has 0 N–H and O–H groups in total. The average Bonchev–Trinajstić information content (AvgIpc) is 2.43. The van der Waals surface area contributed by atoms with Gasteiger partial charge < -0.3 is 0 Å². The number of ketones is 1. The van der Waals surface area contributed by atoms with Crippen LogP contribution in [0.3, 0.4) is 0 Å². The van der Waals surface area contributed by atoms with Crippen molar-refractivity contribution >= 4 is 33.0 Å². The Morgan fingerprint density at radius 1 is 1.15 bits per heavy atom. The largest absolute Gasteiger partial charge is 0.300 e. The van der Waals surface area contributed by atoms with Crippen LogP contribution < -0.4 is 0 Å². The maximum atomic E-state index is 12.2. The zero-order valence-corrected chi connectivity index (χ0v) is 11.5. The first-order chi connectivity index (χ1) is 9.45. The SMILES string of the molecule is CC(=O)C(C=O)OS(=O)(=O)c1cccc2ccccc12. The van der Waals surface area contributed by atoms with Gasteiger partial charge in [0.05, 0.1) is 0 Å². The summed E-state index contributed by atoms with van der Waals surface area (Å²) in [6.07, 6.45) is -1.44. The molecular formula is C14H12O5S. The first kappa shape index (κ1) is 14.4. The minimum Gasteiger partial charge on any atom is -0.300 e. The van der Waals surface area contributed by atoms with E-state index in [0.29, 0.717) is 5.39 Å². The Kier molecular flexibility index (Phi) is 3.96. The van der Waals surface area contributed by atoms with Crippen LogP contribution in [0.4, 0.5) is 0 Å². The van der Waals surface area contributed by atoms with Crippen molar-refractivity contribution in [3.8, 4) is 0 Å². The summed E-state index contributed by atoms with van der Waals surface area (Å²) < 4.78 is 29.1. The lowest BCUT2D eigenvalue weighted by Gasteiger charge is -2.11. The minimum atomic E-state index is -4.20. The van der Waals surface area contributed by atoms with E-state index >= 15 is 0 Å². The van der Waals surface area contributed by atoms with Crippen molar-refractivity contribution in [2.24, 2.45) is 0 Å². The van der Waals surface area contributed by atoms with Crippen molar-refractivity contribution in [1.82, 2.24) is 0 Å². The van der Waals surface area contributed by atoms with Crippen LogP contribution in [-0.4, -0.2) is 26.6 Å². The van der Waals surface area contributed by atoms with E-state index in [2.05, 4.69) is 0 Å². The first-order valence-corrected chi connectivity index (χ1v) is 7.23. The van der Waals surface area contributed by atoms with Crippen LogP contribution in [-0.2, 0) is 23.9 Å². The Labute approximate surface area is 116 Å². The molecule has 0 aromatic heterocycles. The first-order valence-electron chi connectivity index (χ1n) is 5.82. The van der Waals surface area contributed by atoms with Crippen LogP contribution in [0.5, 0.6) is 0 Å². The number of carbonyl (C=O) groups excluding carboxylic acids is 2. The predicted molar refractivity (Wildman–Crippen MR) is 72.8 cm³/mol.